The Hall–Kier alpha value is -1.15. The number of halogens is 1. The van der Waals surface area contributed by atoms with Gasteiger partial charge in [-0.2, -0.15) is 0 Å². The van der Waals surface area contributed by atoms with Crippen LogP contribution in [-0.4, -0.2) is 81.1 Å². The summed E-state index contributed by atoms with van der Waals surface area (Å²) in [4.78, 5) is 17.1. The summed E-state index contributed by atoms with van der Waals surface area (Å²) in [6, 6.07) is 6.58. The van der Waals surface area contributed by atoms with Crippen LogP contribution in [0, 0.1) is 0 Å². The normalized spacial score (nSPS) is 23.0. The monoisotopic (exact) mass is 400 g/mol. The maximum absolute atomic E-state index is 13.0. The van der Waals surface area contributed by atoms with E-state index in [2.05, 4.69) is 4.90 Å². The maximum atomic E-state index is 13.0. The molecule has 3 rings (SSSR count). The van der Waals surface area contributed by atoms with E-state index in [0.717, 1.165) is 39.3 Å². The summed E-state index contributed by atoms with van der Waals surface area (Å²) in [6.07, 6.45) is 1.31. The molecule has 0 radical (unpaired) electrons. The average molecular weight is 401 g/mol. The number of benzene rings is 1. The van der Waals surface area contributed by atoms with Crippen molar-refractivity contribution in [2.45, 2.75) is 18.9 Å². The largest absolute Gasteiger partial charge is 0.379 e. The third kappa shape index (κ3) is 5.19. The highest BCUT2D eigenvalue weighted by Gasteiger charge is 2.34. The van der Waals surface area contributed by atoms with Crippen LogP contribution < -0.4 is 0 Å². The van der Waals surface area contributed by atoms with Crippen LogP contribution >= 0.6 is 11.6 Å². The number of ether oxygens (including phenoxy) is 1. The zero-order chi connectivity index (χ0) is 18.6. The third-order valence-electron chi connectivity index (χ3n) is 4.96. The van der Waals surface area contributed by atoms with Crippen LogP contribution in [0.3, 0.4) is 0 Å². The highest BCUT2D eigenvalue weighted by atomic mass is 35.5. The molecular weight excluding hydrogens is 376 g/mol. The van der Waals surface area contributed by atoms with Gasteiger partial charge in [-0.1, -0.05) is 17.7 Å². The fourth-order valence-corrected chi connectivity index (χ4v) is 5.47. The lowest BCUT2D eigenvalue weighted by Gasteiger charge is -2.31. The first-order chi connectivity index (χ1) is 12.4. The van der Waals surface area contributed by atoms with Gasteiger partial charge in [0.25, 0.3) is 5.91 Å². The molecule has 1 aromatic rings. The molecule has 1 amide bonds. The summed E-state index contributed by atoms with van der Waals surface area (Å²) in [5.41, 5.74) is 0.508. The van der Waals surface area contributed by atoms with Crippen molar-refractivity contribution in [2.24, 2.45) is 0 Å². The van der Waals surface area contributed by atoms with Gasteiger partial charge in [0.1, 0.15) is 0 Å². The van der Waals surface area contributed by atoms with Gasteiger partial charge in [0, 0.05) is 42.8 Å². The minimum absolute atomic E-state index is 0.0524. The second-order valence-electron chi connectivity index (χ2n) is 6.87. The lowest BCUT2D eigenvalue weighted by molar-refractivity contribution is 0.0349. The molecule has 144 valence electrons. The molecule has 2 aliphatic rings. The summed E-state index contributed by atoms with van der Waals surface area (Å²) in [6.45, 7) is 4.71. The Labute approximate surface area is 160 Å². The highest BCUT2D eigenvalue weighted by molar-refractivity contribution is 7.91. The average Bonchev–Trinajstić information content (AvgIpc) is 2.99. The summed E-state index contributed by atoms with van der Waals surface area (Å²) in [5, 5.41) is 0.503. The summed E-state index contributed by atoms with van der Waals surface area (Å²) < 4.78 is 29.2. The SMILES string of the molecule is O=C(c1cccc(Cl)c1)N(CCCN1CCOCC1)C1CCS(=O)(=O)C1. The Morgan fingerprint density at radius 1 is 1.31 bits per heavy atom. The van der Waals surface area contributed by atoms with Gasteiger partial charge in [-0.15, -0.1) is 0 Å². The molecule has 26 heavy (non-hydrogen) atoms. The van der Waals surface area contributed by atoms with E-state index in [-0.39, 0.29) is 23.5 Å². The quantitative estimate of drug-likeness (QED) is 0.727. The number of morpholine rings is 1. The molecule has 2 aliphatic heterocycles. The molecule has 0 bridgehead atoms. The number of hydrogen-bond acceptors (Lipinski definition) is 5. The van der Waals surface area contributed by atoms with Crippen molar-refractivity contribution < 1.29 is 17.9 Å². The van der Waals surface area contributed by atoms with E-state index in [0.29, 0.717) is 23.6 Å². The van der Waals surface area contributed by atoms with Gasteiger partial charge in [0.15, 0.2) is 9.84 Å². The number of rotatable bonds is 6. The number of carbonyl (C=O) groups is 1. The number of sulfone groups is 1. The van der Waals surface area contributed by atoms with Crippen molar-refractivity contribution in [3.8, 4) is 0 Å². The Morgan fingerprint density at radius 2 is 2.08 bits per heavy atom. The van der Waals surface area contributed by atoms with Crippen LogP contribution in [0.15, 0.2) is 24.3 Å². The van der Waals surface area contributed by atoms with E-state index in [1.807, 2.05) is 0 Å². The molecule has 0 aromatic heterocycles. The zero-order valence-corrected chi connectivity index (χ0v) is 16.3. The van der Waals surface area contributed by atoms with Gasteiger partial charge < -0.3 is 9.64 Å². The standard InChI is InChI=1S/C18H25ClN2O4S/c19-16-4-1-3-15(13-16)18(22)21(17-5-12-26(23,24)14-17)7-2-6-20-8-10-25-11-9-20/h1,3-4,13,17H,2,5-12,14H2. The fraction of sp³-hybridized carbons (Fsp3) is 0.611. The topological polar surface area (TPSA) is 66.9 Å². The summed E-state index contributed by atoms with van der Waals surface area (Å²) >= 11 is 6.02. The van der Waals surface area contributed by atoms with E-state index in [4.69, 9.17) is 16.3 Å². The van der Waals surface area contributed by atoms with Gasteiger partial charge in [-0.05, 0) is 31.0 Å². The Kier molecular flexibility index (Phi) is 6.55. The van der Waals surface area contributed by atoms with Crippen LogP contribution in [0.5, 0.6) is 0 Å². The Bertz CT molecular complexity index is 734. The minimum Gasteiger partial charge on any atom is -0.379 e. The van der Waals surface area contributed by atoms with Gasteiger partial charge in [0.05, 0.1) is 24.7 Å². The molecule has 1 unspecified atom stereocenters. The van der Waals surface area contributed by atoms with Gasteiger partial charge in [-0.25, -0.2) is 8.42 Å². The van der Waals surface area contributed by atoms with Crippen LogP contribution in [0.4, 0.5) is 0 Å². The Morgan fingerprint density at radius 3 is 2.73 bits per heavy atom. The highest BCUT2D eigenvalue weighted by Crippen LogP contribution is 2.21. The number of hydrogen-bond donors (Lipinski definition) is 0. The predicted molar refractivity (Wildman–Crippen MR) is 101 cm³/mol. The zero-order valence-electron chi connectivity index (χ0n) is 14.8. The van der Waals surface area contributed by atoms with E-state index in [1.165, 1.54) is 0 Å². The molecule has 1 atom stereocenters. The van der Waals surface area contributed by atoms with Crippen LogP contribution in [-0.2, 0) is 14.6 Å². The van der Waals surface area contributed by atoms with Crippen molar-refractivity contribution in [1.29, 1.82) is 0 Å². The number of nitrogens with zero attached hydrogens (tertiary/aromatic N) is 2. The molecule has 0 N–H and O–H groups in total. The molecule has 0 spiro atoms. The van der Waals surface area contributed by atoms with Crippen molar-refractivity contribution >= 4 is 27.3 Å². The van der Waals surface area contributed by atoms with Crippen LogP contribution in [0.2, 0.25) is 5.02 Å². The number of carbonyl (C=O) groups excluding carboxylic acids is 1. The summed E-state index contributed by atoms with van der Waals surface area (Å²) in [5.74, 6) is 0.0636. The molecule has 0 aliphatic carbocycles. The molecule has 2 heterocycles. The van der Waals surface area contributed by atoms with Crippen molar-refractivity contribution in [2.75, 3.05) is 50.9 Å². The lowest BCUT2D eigenvalue weighted by Crippen LogP contribution is -2.43. The first-order valence-electron chi connectivity index (χ1n) is 9.02. The third-order valence-corrected chi connectivity index (χ3v) is 6.94. The van der Waals surface area contributed by atoms with E-state index in [9.17, 15) is 13.2 Å². The van der Waals surface area contributed by atoms with Crippen molar-refractivity contribution in [3.63, 3.8) is 0 Å². The first-order valence-corrected chi connectivity index (χ1v) is 11.2. The van der Waals surface area contributed by atoms with Crippen LogP contribution in [0.1, 0.15) is 23.2 Å². The lowest BCUT2D eigenvalue weighted by atomic mass is 10.1. The van der Waals surface area contributed by atoms with Crippen molar-refractivity contribution in [3.05, 3.63) is 34.9 Å². The van der Waals surface area contributed by atoms with E-state index >= 15 is 0 Å². The molecule has 8 heteroatoms. The van der Waals surface area contributed by atoms with E-state index in [1.54, 1.807) is 29.2 Å². The smallest absolute Gasteiger partial charge is 0.254 e. The molecule has 6 nitrogen and oxygen atoms in total. The second kappa shape index (κ2) is 8.69. The minimum atomic E-state index is -3.06. The second-order valence-corrected chi connectivity index (χ2v) is 9.54. The first kappa shape index (κ1) is 19.6. The fourth-order valence-electron chi connectivity index (χ4n) is 3.55. The Balaban J connectivity index is 1.68. The van der Waals surface area contributed by atoms with Crippen LogP contribution in [0.25, 0.3) is 0 Å². The van der Waals surface area contributed by atoms with Gasteiger partial charge >= 0.3 is 0 Å². The summed E-state index contributed by atoms with van der Waals surface area (Å²) in [7, 11) is -3.06. The van der Waals surface area contributed by atoms with Gasteiger partial charge in [0.2, 0.25) is 0 Å². The molecule has 1 aromatic carbocycles. The maximum Gasteiger partial charge on any atom is 0.254 e. The van der Waals surface area contributed by atoms with Crippen molar-refractivity contribution in [1.82, 2.24) is 9.80 Å². The van der Waals surface area contributed by atoms with Gasteiger partial charge in [-0.3, -0.25) is 9.69 Å². The number of amides is 1. The van der Waals surface area contributed by atoms with E-state index < -0.39 is 9.84 Å². The predicted octanol–water partition coefficient (Wildman–Crippen LogP) is 1.69. The molecular formula is C18H25ClN2O4S. The molecule has 0 saturated carbocycles. The molecule has 2 fully saturated rings. The molecule has 2 saturated heterocycles.